The van der Waals surface area contributed by atoms with E-state index in [9.17, 15) is 4.79 Å². The number of alkyl halides is 3. The summed E-state index contributed by atoms with van der Waals surface area (Å²) >= 11 is 17.2. The first-order valence-electron chi connectivity index (χ1n) is 7.05. The van der Waals surface area contributed by atoms with Crippen molar-refractivity contribution in [3.05, 3.63) is 35.9 Å². The van der Waals surface area contributed by atoms with Gasteiger partial charge in [0.15, 0.2) is 11.5 Å². The summed E-state index contributed by atoms with van der Waals surface area (Å²) in [5.41, 5.74) is 2.10. The topological polar surface area (TPSA) is 38.8 Å². The molecule has 4 nitrogen and oxygen atoms in total. The molecule has 2 rings (SSSR count). The van der Waals surface area contributed by atoms with Crippen LogP contribution in [0.25, 0.3) is 0 Å². The fourth-order valence-corrected chi connectivity index (χ4v) is 3.10. The molecule has 1 amide bonds. The zero-order valence-corrected chi connectivity index (χ0v) is 15.2. The number of methoxy groups -OCH3 is 2. The van der Waals surface area contributed by atoms with Crippen molar-refractivity contribution in [1.29, 1.82) is 0 Å². The highest BCUT2D eigenvalue weighted by atomic mass is 35.6. The summed E-state index contributed by atoms with van der Waals surface area (Å²) in [4.78, 5) is 13.8. The number of carbonyl (C=O) groups excluding carboxylic acids is 1. The van der Waals surface area contributed by atoms with E-state index in [0.29, 0.717) is 31.0 Å². The second kappa shape index (κ2) is 7.20. The van der Waals surface area contributed by atoms with Gasteiger partial charge >= 0.3 is 0 Å². The Balaban J connectivity index is 2.41. The van der Waals surface area contributed by atoms with Crippen molar-refractivity contribution in [2.45, 2.75) is 16.1 Å². The minimum atomic E-state index is -1.96. The second-order valence-corrected chi connectivity index (χ2v) is 7.53. The Labute approximate surface area is 150 Å². The lowest BCUT2D eigenvalue weighted by Gasteiger charge is -2.26. The number of carbonyl (C=O) groups is 1. The van der Waals surface area contributed by atoms with E-state index >= 15 is 0 Å². The molecule has 0 saturated heterocycles. The van der Waals surface area contributed by atoms with E-state index in [1.807, 2.05) is 12.1 Å². The van der Waals surface area contributed by atoms with Crippen molar-refractivity contribution in [2.75, 3.05) is 27.3 Å². The highest BCUT2D eigenvalue weighted by Crippen LogP contribution is 2.37. The zero-order valence-electron chi connectivity index (χ0n) is 12.9. The van der Waals surface area contributed by atoms with Crippen LogP contribution in [-0.2, 0) is 11.2 Å². The molecular formula is C16H18Cl3NO3. The van der Waals surface area contributed by atoms with Crippen LogP contribution in [-0.4, -0.2) is 41.9 Å². The highest BCUT2D eigenvalue weighted by molar-refractivity contribution is 6.76. The van der Waals surface area contributed by atoms with Crippen molar-refractivity contribution in [3.8, 4) is 11.5 Å². The van der Waals surface area contributed by atoms with Gasteiger partial charge in [0.25, 0.3) is 9.70 Å². The van der Waals surface area contributed by atoms with E-state index < -0.39 is 9.70 Å². The summed E-state index contributed by atoms with van der Waals surface area (Å²) in [5.74, 6) is 0.680. The lowest BCUT2D eigenvalue weighted by atomic mass is 9.93. The van der Waals surface area contributed by atoms with Crippen LogP contribution in [0.3, 0.4) is 0 Å². The van der Waals surface area contributed by atoms with E-state index in [1.54, 1.807) is 25.2 Å². The summed E-state index contributed by atoms with van der Waals surface area (Å²) in [6.45, 7) is 4.73. The summed E-state index contributed by atoms with van der Waals surface area (Å²) in [7, 11) is 3.17. The maximum absolute atomic E-state index is 12.3. The summed E-state index contributed by atoms with van der Waals surface area (Å²) < 4.78 is 8.75. The molecule has 0 saturated carbocycles. The Hall–Kier alpha value is -1.10. The number of nitrogens with zero attached hydrogens (tertiary/aromatic N) is 1. The molecule has 1 aliphatic rings. The first-order chi connectivity index (χ1) is 10.8. The zero-order chi connectivity index (χ0) is 17.2. The van der Waals surface area contributed by atoms with Crippen LogP contribution in [0.2, 0.25) is 0 Å². The highest BCUT2D eigenvalue weighted by Gasteiger charge is 2.37. The van der Waals surface area contributed by atoms with Gasteiger partial charge < -0.3 is 14.4 Å². The van der Waals surface area contributed by atoms with E-state index in [1.165, 1.54) is 0 Å². The molecule has 0 unspecified atom stereocenters. The predicted octanol–water partition coefficient (Wildman–Crippen LogP) is 3.73. The van der Waals surface area contributed by atoms with E-state index in [2.05, 4.69) is 6.58 Å². The van der Waals surface area contributed by atoms with Crippen LogP contribution in [0.1, 0.15) is 17.0 Å². The average molecular weight is 379 g/mol. The minimum Gasteiger partial charge on any atom is -0.493 e. The monoisotopic (exact) mass is 377 g/mol. The lowest BCUT2D eigenvalue weighted by Crippen LogP contribution is -2.41. The van der Waals surface area contributed by atoms with Gasteiger partial charge in [-0.3, -0.25) is 4.79 Å². The van der Waals surface area contributed by atoms with Gasteiger partial charge in [0, 0.05) is 19.0 Å². The third-order valence-electron chi connectivity index (χ3n) is 3.93. The van der Waals surface area contributed by atoms with Gasteiger partial charge in [0.05, 0.1) is 14.2 Å². The molecule has 0 radical (unpaired) electrons. The average Bonchev–Trinajstić information content (AvgIpc) is 2.70. The summed E-state index contributed by atoms with van der Waals surface area (Å²) in [6.07, 6.45) is 2.42. The van der Waals surface area contributed by atoms with E-state index in [0.717, 1.165) is 11.1 Å². The molecule has 126 valence electrons. The van der Waals surface area contributed by atoms with Gasteiger partial charge in [-0.25, -0.2) is 0 Å². The Kier molecular flexibility index (Phi) is 5.71. The fraction of sp³-hybridized carbons (Fsp3) is 0.438. The second-order valence-electron chi connectivity index (χ2n) is 5.25. The van der Waals surface area contributed by atoms with Crippen LogP contribution < -0.4 is 9.47 Å². The number of fused-ring (bicyclic) bond motifs is 1. The standard InChI is InChI=1S/C16H18Cl3NO3/c1-4-10-9-20(15(21)16(17,18)19)6-5-11-7-13(22-2)14(23-3)8-12(10)11/h4,7-8,10H,1,5-6,9H2,2-3H3/t10-/m1/s1. The fourth-order valence-electron chi connectivity index (χ4n) is 2.75. The van der Waals surface area contributed by atoms with Crippen LogP contribution in [0.5, 0.6) is 11.5 Å². The molecule has 23 heavy (non-hydrogen) atoms. The molecule has 0 spiro atoms. The van der Waals surface area contributed by atoms with Crippen LogP contribution in [0.15, 0.2) is 24.8 Å². The third-order valence-corrected chi connectivity index (χ3v) is 4.41. The number of amides is 1. The molecule has 0 N–H and O–H groups in total. The molecular weight excluding hydrogens is 361 g/mol. The Morgan fingerprint density at radius 1 is 1.30 bits per heavy atom. The smallest absolute Gasteiger partial charge is 0.274 e. The number of ether oxygens (including phenoxy) is 2. The number of benzene rings is 1. The van der Waals surface area contributed by atoms with Crippen LogP contribution >= 0.6 is 34.8 Å². The predicted molar refractivity (Wildman–Crippen MR) is 93.1 cm³/mol. The van der Waals surface area contributed by atoms with Crippen molar-refractivity contribution in [1.82, 2.24) is 4.90 Å². The molecule has 0 fully saturated rings. The van der Waals surface area contributed by atoms with Gasteiger partial charge in [-0.15, -0.1) is 6.58 Å². The summed E-state index contributed by atoms with van der Waals surface area (Å²) in [6, 6.07) is 3.85. The molecule has 1 aromatic carbocycles. The van der Waals surface area contributed by atoms with Crippen molar-refractivity contribution in [2.24, 2.45) is 0 Å². The number of hydrogen-bond donors (Lipinski definition) is 0. The third kappa shape index (κ3) is 3.87. The minimum absolute atomic E-state index is 0.0800. The molecule has 0 aromatic heterocycles. The van der Waals surface area contributed by atoms with E-state index in [4.69, 9.17) is 44.3 Å². The molecule has 1 atom stereocenters. The lowest BCUT2D eigenvalue weighted by molar-refractivity contribution is -0.130. The summed E-state index contributed by atoms with van der Waals surface area (Å²) in [5, 5.41) is 0. The van der Waals surface area contributed by atoms with Crippen molar-refractivity contribution in [3.63, 3.8) is 0 Å². The van der Waals surface area contributed by atoms with Crippen LogP contribution in [0, 0.1) is 0 Å². The normalized spacial score (nSPS) is 18.0. The molecule has 0 aliphatic carbocycles. The van der Waals surface area contributed by atoms with Gasteiger partial charge in [0.2, 0.25) is 0 Å². The first-order valence-corrected chi connectivity index (χ1v) is 8.18. The Morgan fingerprint density at radius 2 is 1.91 bits per heavy atom. The largest absolute Gasteiger partial charge is 0.493 e. The number of rotatable bonds is 3. The SMILES string of the molecule is C=C[C@@H]1CN(C(=O)C(Cl)(Cl)Cl)CCc2cc(OC)c(OC)cc21. The van der Waals surface area contributed by atoms with Gasteiger partial charge in [-0.2, -0.15) is 0 Å². The molecule has 1 aliphatic heterocycles. The number of hydrogen-bond acceptors (Lipinski definition) is 3. The maximum Gasteiger partial charge on any atom is 0.274 e. The van der Waals surface area contributed by atoms with Gasteiger partial charge in [0.1, 0.15) is 0 Å². The molecule has 7 heteroatoms. The van der Waals surface area contributed by atoms with Crippen molar-refractivity contribution < 1.29 is 14.3 Å². The number of halogens is 3. The maximum atomic E-state index is 12.3. The van der Waals surface area contributed by atoms with Crippen molar-refractivity contribution >= 4 is 40.7 Å². The van der Waals surface area contributed by atoms with E-state index in [-0.39, 0.29) is 5.92 Å². The molecule has 1 aromatic rings. The van der Waals surface area contributed by atoms with Gasteiger partial charge in [-0.05, 0) is 29.7 Å². The quantitative estimate of drug-likeness (QED) is 0.594. The first kappa shape index (κ1) is 18.2. The van der Waals surface area contributed by atoms with Crippen LogP contribution in [0.4, 0.5) is 0 Å². The Bertz CT molecular complexity index is 613. The molecule has 1 heterocycles. The Morgan fingerprint density at radius 3 is 2.43 bits per heavy atom. The molecule has 0 bridgehead atoms. The van der Waals surface area contributed by atoms with Gasteiger partial charge in [-0.1, -0.05) is 40.9 Å².